The zero-order valence-corrected chi connectivity index (χ0v) is 17.1. The molecule has 0 amide bonds. The van der Waals surface area contributed by atoms with Gasteiger partial charge in [0.2, 0.25) is 0 Å². The van der Waals surface area contributed by atoms with Gasteiger partial charge in [-0.2, -0.15) is 0 Å². The third-order valence-electron chi connectivity index (χ3n) is 4.98. The smallest absolute Gasteiger partial charge is 0.162 e. The summed E-state index contributed by atoms with van der Waals surface area (Å²) in [6.07, 6.45) is -0.557. The minimum atomic E-state index is -0.557. The first-order valence-electron chi connectivity index (χ1n) is 9.26. The van der Waals surface area contributed by atoms with Gasteiger partial charge in [-0.05, 0) is 39.0 Å². The number of ether oxygens (including phenoxy) is 2. The molecule has 0 bridgehead atoms. The number of ketones is 1. The number of aryl methyl sites for hydroxylation is 1. The Hall–Kier alpha value is -1.60. The standard InChI is InChI=1S/C20H28N2O4.ClH/c1-4-22-14(2)20(15(3)23)18-11-17(5-6-19(18)22)26-13-16(24)12-21-7-9-25-10-8-21;/h5-6,11,16,24H,4,7-10,12-13H2,1-3H3;1H. The second kappa shape index (κ2) is 9.55. The average Bonchev–Trinajstić information content (AvgIpc) is 2.91. The van der Waals surface area contributed by atoms with Crippen molar-refractivity contribution in [2.45, 2.75) is 33.4 Å². The van der Waals surface area contributed by atoms with Crippen molar-refractivity contribution in [1.29, 1.82) is 0 Å². The Kier molecular flexibility index (Phi) is 7.68. The normalized spacial score (nSPS) is 16.1. The maximum absolute atomic E-state index is 12.1. The number of nitrogens with zero attached hydrogens (tertiary/aromatic N) is 2. The second-order valence-corrected chi connectivity index (χ2v) is 6.82. The van der Waals surface area contributed by atoms with Gasteiger partial charge in [0.05, 0.1) is 13.2 Å². The molecule has 6 nitrogen and oxygen atoms in total. The predicted molar refractivity (Wildman–Crippen MR) is 108 cm³/mol. The van der Waals surface area contributed by atoms with Gasteiger partial charge in [0, 0.05) is 48.3 Å². The lowest BCUT2D eigenvalue weighted by Crippen LogP contribution is -2.42. The molecule has 2 aromatic rings. The number of rotatable bonds is 7. The monoisotopic (exact) mass is 396 g/mol. The van der Waals surface area contributed by atoms with Crippen LogP contribution in [-0.4, -0.2) is 65.9 Å². The van der Waals surface area contributed by atoms with Gasteiger partial charge in [-0.3, -0.25) is 9.69 Å². The van der Waals surface area contributed by atoms with E-state index in [0.29, 0.717) is 25.5 Å². The quantitative estimate of drug-likeness (QED) is 0.729. The lowest BCUT2D eigenvalue weighted by Gasteiger charge is -2.28. The highest BCUT2D eigenvalue weighted by atomic mass is 35.5. The summed E-state index contributed by atoms with van der Waals surface area (Å²) in [5.41, 5.74) is 2.78. The molecule has 0 saturated carbocycles. The highest BCUT2D eigenvalue weighted by molar-refractivity contribution is 6.08. The Labute approximate surface area is 166 Å². The highest BCUT2D eigenvalue weighted by Crippen LogP contribution is 2.30. The Morgan fingerprint density at radius 1 is 1.33 bits per heavy atom. The fourth-order valence-corrected chi connectivity index (χ4v) is 3.73. The van der Waals surface area contributed by atoms with E-state index < -0.39 is 6.10 Å². The lowest BCUT2D eigenvalue weighted by atomic mass is 10.1. The third kappa shape index (κ3) is 4.82. The average molecular weight is 397 g/mol. The molecule has 1 aromatic heterocycles. The number of carbonyl (C=O) groups excluding carboxylic acids is 1. The predicted octanol–water partition coefficient (Wildman–Crippen LogP) is 2.67. The largest absolute Gasteiger partial charge is 0.491 e. The van der Waals surface area contributed by atoms with Crippen molar-refractivity contribution in [2.24, 2.45) is 0 Å². The molecular formula is C20H29ClN2O4. The number of Topliss-reactive ketones (excluding diaryl/α,β-unsaturated/α-hetero) is 1. The minimum Gasteiger partial charge on any atom is -0.491 e. The molecule has 1 unspecified atom stereocenters. The van der Waals surface area contributed by atoms with Crippen LogP contribution in [0.15, 0.2) is 18.2 Å². The van der Waals surface area contributed by atoms with Crippen molar-refractivity contribution in [3.63, 3.8) is 0 Å². The van der Waals surface area contributed by atoms with Gasteiger partial charge in [-0.25, -0.2) is 0 Å². The number of benzene rings is 1. The molecule has 0 radical (unpaired) electrons. The van der Waals surface area contributed by atoms with Gasteiger partial charge in [0.1, 0.15) is 18.5 Å². The highest BCUT2D eigenvalue weighted by Gasteiger charge is 2.18. The zero-order chi connectivity index (χ0) is 18.7. The van der Waals surface area contributed by atoms with Crippen LogP contribution in [0, 0.1) is 6.92 Å². The first-order chi connectivity index (χ1) is 12.5. The molecular weight excluding hydrogens is 368 g/mol. The van der Waals surface area contributed by atoms with Crippen LogP contribution < -0.4 is 4.74 Å². The van der Waals surface area contributed by atoms with Gasteiger partial charge in [0.15, 0.2) is 5.78 Å². The van der Waals surface area contributed by atoms with Crippen molar-refractivity contribution in [2.75, 3.05) is 39.5 Å². The van der Waals surface area contributed by atoms with Crippen molar-refractivity contribution >= 4 is 29.1 Å². The molecule has 1 atom stereocenters. The maximum Gasteiger partial charge on any atom is 0.162 e. The number of morpholine rings is 1. The molecule has 0 spiro atoms. The van der Waals surface area contributed by atoms with Crippen LogP contribution in [0.1, 0.15) is 29.9 Å². The minimum absolute atomic E-state index is 0. The number of halogens is 1. The summed E-state index contributed by atoms with van der Waals surface area (Å²) in [5.74, 6) is 0.735. The van der Waals surface area contributed by atoms with E-state index in [1.54, 1.807) is 6.92 Å². The van der Waals surface area contributed by atoms with Crippen LogP contribution in [0.3, 0.4) is 0 Å². The van der Waals surface area contributed by atoms with Gasteiger partial charge in [-0.1, -0.05) is 0 Å². The summed E-state index contributed by atoms with van der Waals surface area (Å²) in [4.78, 5) is 14.3. The van der Waals surface area contributed by atoms with Crippen molar-refractivity contribution in [3.05, 3.63) is 29.5 Å². The van der Waals surface area contributed by atoms with Crippen molar-refractivity contribution in [3.8, 4) is 5.75 Å². The summed E-state index contributed by atoms with van der Waals surface area (Å²) < 4.78 is 13.3. The molecule has 1 aliphatic heterocycles. The Morgan fingerprint density at radius 2 is 2.04 bits per heavy atom. The molecule has 3 rings (SSSR count). The van der Waals surface area contributed by atoms with E-state index in [1.165, 1.54) is 0 Å². The molecule has 1 N–H and O–H groups in total. The second-order valence-electron chi connectivity index (χ2n) is 6.82. The van der Waals surface area contributed by atoms with E-state index >= 15 is 0 Å². The molecule has 1 fully saturated rings. The van der Waals surface area contributed by atoms with Crippen LogP contribution in [0.4, 0.5) is 0 Å². The number of carbonyl (C=O) groups is 1. The van der Waals surface area contributed by atoms with E-state index in [9.17, 15) is 9.90 Å². The van der Waals surface area contributed by atoms with E-state index in [1.807, 2.05) is 25.1 Å². The first-order valence-corrected chi connectivity index (χ1v) is 9.26. The molecule has 2 heterocycles. The molecule has 0 aliphatic carbocycles. The molecule has 1 aliphatic rings. The summed E-state index contributed by atoms with van der Waals surface area (Å²) >= 11 is 0. The van der Waals surface area contributed by atoms with Gasteiger partial charge in [-0.15, -0.1) is 12.4 Å². The van der Waals surface area contributed by atoms with Crippen LogP contribution in [0.25, 0.3) is 10.9 Å². The van der Waals surface area contributed by atoms with E-state index in [4.69, 9.17) is 9.47 Å². The molecule has 150 valence electrons. The summed E-state index contributed by atoms with van der Waals surface area (Å²) in [6, 6.07) is 5.80. The van der Waals surface area contributed by atoms with Crippen LogP contribution >= 0.6 is 12.4 Å². The van der Waals surface area contributed by atoms with Crippen molar-refractivity contribution in [1.82, 2.24) is 9.47 Å². The topological polar surface area (TPSA) is 63.9 Å². The fourth-order valence-electron chi connectivity index (χ4n) is 3.73. The zero-order valence-electron chi connectivity index (χ0n) is 16.2. The first kappa shape index (κ1) is 21.7. The molecule has 1 saturated heterocycles. The van der Waals surface area contributed by atoms with Gasteiger partial charge >= 0.3 is 0 Å². The van der Waals surface area contributed by atoms with Gasteiger partial charge in [0.25, 0.3) is 0 Å². The van der Waals surface area contributed by atoms with Crippen molar-refractivity contribution < 1.29 is 19.4 Å². The molecule has 7 heteroatoms. The third-order valence-corrected chi connectivity index (χ3v) is 4.98. The van der Waals surface area contributed by atoms with Crippen LogP contribution in [0.2, 0.25) is 0 Å². The maximum atomic E-state index is 12.1. The van der Waals surface area contributed by atoms with E-state index in [2.05, 4.69) is 16.4 Å². The van der Waals surface area contributed by atoms with E-state index in [0.717, 1.165) is 41.8 Å². The number of aliphatic hydroxyl groups is 1. The fraction of sp³-hybridized carbons (Fsp3) is 0.550. The number of aromatic nitrogens is 1. The summed E-state index contributed by atoms with van der Waals surface area (Å²) in [7, 11) is 0. The van der Waals surface area contributed by atoms with Crippen LogP contribution in [0.5, 0.6) is 5.75 Å². The number of fused-ring (bicyclic) bond motifs is 1. The van der Waals surface area contributed by atoms with Crippen LogP contribution in [-0.2, 0) is 11.3 Å². The van der Waals surface area contributed by atoms with E-state index in [-0.39, 0.29) is 24.8 Å². The Balaban J connectivity index is 0.00000261. The lowest BCUT2D eigenvalue weighted by molar-refractivity contribution is 0.00466. The number of hydrogen-bond acceptors (Lipinski definition) is 5. The number of β-amino-alcohol motifs (C(OH)–C–C–N with tert-alkyl or cyclic N) is 1. The molecule has 27 heavy (non-hydrogen) atoms. The number of hydrogen-bond donors (Lipinski definition) is 1. The SMILES string of the molecule is CCn1c(C)c(C(C)=O)c2cc(OCC(O)CN3CCOCC3)ccc21.Cl. The summed E-state index contributed by atoms with van der Waals surface area (Å²) in [6.45, 7) is 10.4. The van der Waals surface area contributed by atoms with Gasteiger partial charge < -0.3 is 19.1 Å². The Morgan fingerprint density at radius 3 is 2.67 bits per heavy atom. The number of aliphatic hydroxyl groups excluding tert-OH is 1. The molecule has 1 aromatic carbocycles. The summed E-state index contributed by atoms with van der Waals surface area (Å²) in [5, 5.41) is 11.2. The Bertz CT molecular complexity index is 784.